The molecule has 8 nitrogen and oxygen atoms in total. The normalized spacial score (nSPS) is 14.0. The summed E-state index contributed by atoms with van der Waals surface area (Å²) in [5, 5.41) is 21.0. The lowest BCUT2D eigenvalue weighted by molar-refractivity contribution is -0.113. The molecule has 0 unspecified atom stereocenters. The average molecular weight is 362 g/mol. The van der Waals surface area contributed by atoms with E-state index in [-0.39, 0.29) is 11.7 Å². The highest BCUT2D eigenvalue weighted by molar-refractivity contribution is 7.99. The first-order valence-corrected chi connectivity index (χ1v) is 9.22. The first-order valence-electron chi connectivity index (χ1n) is 7.42. The van der Waals surface area contributed by atoms with E-state index in [9.17, 15) is 4.79 Å². The molecule has 1 N–H and O–H groups in total. The molecular weight excluding hydrogens is 348 g/mol. The maximum atomic E-state index is 12.1. The molecular formula is C14H14N6O2S2. The monoisotopic (exact) mass is 362 g/mol. The van der Waals surface area contributed by atoms with Crippen LogP contribution in [-0.4, -0.2) is 36.6 Å². The van der Waals surface area contributed by atoms with Crippen molar-refractivity contribution in [3.05, 3.63) is 23.4 Å². The minimum Gasteiger partial charge on any atom is -0.461 e. The van der Waals surface area contributed by atoms with Gasteiger partial charge in [0, 0.05) is 6.04 Å². The summed E-state index contributed by atoms with van der Waals surface area (Å²) in [5.41, 5.74) is 0. The Balaban J connectivity index is 1.46. The summed E-state index contributed by atoms with van der Waals surface area (Å²) in [5.74, 6) is 1.50. The molecule has 0 aliphatic heterocycles. The number of aromatic nitrogens is 5. The maximum Gasteiger partial charge on any atom is 0.236 e. The Morgan fingerprint density at radius 1 is 1.42 bits per heavy atom. The van der Waals surface area contributed by atoms with Crippen LogP contribution in [0.15, 0.2) is 28.0 Å². The van der Waals surface area contributed by atoms with Gasteiger partial charge in [0.2, 0.25) is 16.9 Å². The summed E-state index contributed by atoms with van der Waals surface area (Å²) in [7, 11) is 0. The lowest BCUT2D eigenvalue weighted by atomic mass is 10.4. The van der Waals surface area contributed by atoms with Crippen molar-refractivity contribution < 1.29 is 9.21 Å². The number of aryl methyl sites for hydroxylation is 1. The van der Waals surface area contributed by atoms with Crippen LogP contribution in [0.25, 0.3) is 11.6 Å². The Labute approximate surface area is 145 Å². The molecule has 1 aliphatic carbocycles. The molecule has 124 valence electrons. The van der Waals surface area contributed by atoms with E-state index in [4.69, 9.17) is 4.42 Å². The smallest absolute Gasteiger partial charge is 0.236 e. The minimum absolute atomic E-state index is 0.138. The molecule has 0 aromatic carbocycles. The van der Waals surface area contributed by atoms with Crippen LogP contribution < -0.4 is 5.32 Å². The molecule has 0 bridgehead atoms. The fourth-order valence-corrected chi connectivity index (χ4v) is 3.66. The molecule has 0 atom stereocenters. The zero-order valence-electron chi connectivity index (χ0n) is 12.8. The van der Waals surface area contributed by atoms with Gasteiger partial charge in [0.15, 0.2) is 10.9 Å². The quantitative estimate of drug-likeness (QED) is 0.673. The first kappa shape index (κ1) is 15.3. The van der Waals surface area contributed by atoms with Crippen LogP contribution in [0, 0.1) is 6.92 Å². The first-order chi connectivity index (χ1) is 11.7. The van der Waals surface area contributed by atoms with Crippen LogP contribution >= 0.6 is 23.1 Å². The summed E-state index contributed by atoms with van der Waals surface area (Å²) in [6.45, 7) is 1.84. The van der Waals surface area contributed by atoms with Crippen LogP contribution in [0.1, 0.15) is 23.9 Å². The van der Waals surface area contributed by atoms with Gasteiger partial charge >= 0.3 is 0 Å². The third-order valence-corrected chi connectivity index (χ3v) is 5.12. The standard InChI is InChI=1S/C14H14N6O2S2/c1-8-16-18-13(24-8)15-11(21)7-23-14-19-17-12(10-3-2-6-22-10)20(14)9-4-5-9/h2-3,6,9H,4-5,7H2,1H3,(H,15,18,21). The van der Waals surface area contributed by atoms with E-state index in [1.807, 2.05) is 19.1 Å². The Morgan fingerprint density at radius 3 is 2.96 bits per heavy atom. The van der Waals surface area contributed by atoms with Crippen LogP contribution in [0.2, 0.25) is 0 Å². The van der Waals surface area contributed by atoms with Gasteiger partial charge in [-0.25, -0.2) is 0 Å². The summed E-state index contributed by atoms with van der Waals surface area (Å²) >= 11 is 2.71. The molecule has 0 radical (unpaired) electrons. The number of hydrogen-bond donors (Lipinski definition) is 1. The maximum absolute atomic E-state index is 12.1. The van der Waals surface area contributed by atoms with Gasteiger partial charge in [0.1, 0.15) is 5.01 Å². The second-order valence-electron chi connectivity index (χ2n) is 5.35. The molecule has 1 aliphatic rings. The summed E-state index contributed by atoms with van der Waals surface area (Å²) in [4.78, 5) is 12.1. The third kappa shape index (κ3) is 3.20. The zero-order valence-corrected chi connectivity index (χ0v) is 14.4. The number of amides is 1. The van der Waals surface area contributed by atoms with Crippen molar-refractivity contribution in [2.75, 3.05) is 11.1 Å². The van der Waals surface area contributed by atoms with Gasteiger partial charge in [-0.05, 0) is 31.9 Å². The summed E-state index contributed by atoms with van der Waals surface area (Å²) < 4.78 is 7.49. The summed E-state index contributed by atoms with van der Waals surface area (Å²) in [6, 6.07) is 4.07. The molecule has 3 aromatic rings. The SMILES string of the molecule is Cc1nnc(NC(=O)CSc2nnc(-c3ccco3)n2C2CC2)s1. The van der Waals surface area contributed by atoms with Crippen molar-refractivity contribution in [1.82, 2.24) is 25.0 Å². The third-order valence-electron chi connectivity index (χ3n) is 3.42. The lowest BCUT2D eigenvalue weighted by Crippen LogP contribution is -2.14. The van der Waals surface area contributed by atoms with Crippen molar-refractivity contribution in [2.24, 2.45) is 0 Å². The predicted octanol–water partition coefficient (Wildman–Crippen LogP) is 2.76. The number of nitrogens with one attached hydrogen (secondary N) is 1. The molecule has 3 aromatic heterocycles. The van der Waals surface area contributed by atoms with Gasteiger partial charge in [0.05, 0.1) is 12.0 Å². The molecule has 1 fully saturated rings. The van der Waals surface area contributed by atoms with Crippen LogP contribution in [-0.2, 0) is 4.79 Å². The molecule has 0 saturated heterocycles. The van der Waals surface area contributed by atoms with E-state index < -0.39 is 0 Å². The van der Waals surface area contributed by atoms with E-state index in [1.54, 1.807) is 6.26 Å². The fourth-order valence-electron chi connectivity index (χ4n) is 2.24. The van der Waals surface area contributed by atoms with E-state index in [2.05, 4.69) is 30.3 Å². The predicted molar refractivity (Wildman–Crippen MR) is 90.0 cm³/mol. The topological polar surface area (TPSA) is 98.7 Å². The number of nitrogens with zero attached hydrogens (tertiary/aromatic N) is 5. The van der Waals surface area contributed by atoms with Gasteiger partial charge in [-0.3, -0.25) is 14.7 Å². The van der Waals surface area contributed by atoms with Crippen molar-refractivity contribution in [1.29, 1.82) is 0 Å². The molecule has 1 saturated carbocycles. The largest absolute Gasteiger partial charge is 0.461 e. The van der Waals surface area contributed by atoms with Gasteiger partial charge in [-0.15, -0.1) is 20.4 Å². The molecule has 4 rings (SSSR count). The highest BCUT2D eigenvalue weighted by Crippen LogP contribution is 2.41. The Bertz CT molecular complexity index is 853. The lowest BCUT2D eigenvalue weighted by Gasteiger charge is -2.07. The number of carbonyl (C=O) groups excluding carboxylic acids is 1. The molecule has 24 heavy (non-hydrogen) atoms. The average Bonchev–Trinajstić information content (AvgIpc) is 2.98. The van der Waals surface area contributed by atoms with Crippen LogP contribution in [0.4, 0.5) is 5.13 Å². The van der Waals surface area contributed by atoms with Crippen LogP contribution in [0.5, 0.6) is 0 Å². The molecule has 10 heteroatoms. The van der Waals surface area contributed by atoms with Gasteiger partial charge in [-0.1, -0.05) is 23.1 Å². The van der Waals surface area contributed by atoms with E-state index >= 15 is 0 Å². The van der Waals surface area contributed by atoms with Gasteiger partial charge < -0.3 is 4.42 Å². The van der Waals surface area contributed by atoms with E-state index in [1.165, 1.54) is 23.1 Å². The number of thioether (sulfide) groups is 1. The highest BCUT2D eigenvalue weighted by Gasteiger charge is 2.31. The van der Waals surface area contributed by atoms with Crippen LogP contribution in [0.3, 0.4) is 0 Å². The second-order valence-corrected chi connectivity index (χ2v) is 7.47. The Hall–Kier alpha value is -2.20. The molecule has 0 spiro atoms. The fraction of sp³-hybridized carbons (Fsp3) is 0.357. The number of anilines is 1. The number of rotatable bonds is 6. The number of hydrogen-bond acceptors (Lipinski definition) is 8. The van der Waals surface area contributed by atoms with Crippen molar-refractivity contribution >= 4 is 34.1 Å². The summed E-state index contributed by atoms with van der Waals surface area (Å²) in [6.07, 6.45) is 3.80. The Kier molecular flexibility index (Phi) is 4.07. The number of furan rings is 1. The molecule has 1 amide bonds. The highest BCUT2D eigenvalue weighted by atomic mass is 32.2. The zero-order chi connectivity index (χ0) is 16.5. The van der Waals surface area contributed by atoms with E-state index in [0.717, 1.165) is 23.0 Å². The minimum atomic E-state index is -0.138. The van der Waals surface area contributed by atoms with Crippen molar-refractivity contribution in [3.8, 4) is 11.6 Å². The Morgan fingerprint density at radius 2 is 2.29 bits per heavy atom. The van der Waals surface area contributed by atoms with Gasteiger partial charge in [-0.2, -0.15) is 0 Å². The van der Waals surface area contributed by atoms with Crippen molar-refractivity contribution in [3.63, 3.8) is 0 Å². The molecule has 3 heterocycles. The van der Waals surface area contributed by atoms with E-state index in [0.29, 0.717) is 22.8 Å². The van der Waals surface area contributed by atoms with Crippen molar-refractivity contribution in [2.45, 2.75) is 31.0 Å². The number of carbonyl (C=O) groups is 1. The second kappa shape index (κ2) is 6.36. The van der Waals surface area contributed by atoms with Gasteiger partial charge in [0.25, 0.3) is 0 Å².